The van der Waals surface area contributed by atoms with Gasteiger partial charge in [-0.1, -0.05) is 19.0 Å². The van der Waals surface area contributed by atoms with Crippen molar-refractivity contribution >= 4 is 5.65 Å². The first-order chi connectivity index (χ1) is 14.9. The molecule has 0 aliphatic carbocycles. The van der Waals surface area contributed by atoms with Crippen LogP contribution in [0.25, 0.3) is 17.0 Å². The molecule has 5 rings (SSSR count). The van der Waals surface area contributed by atoms with Gasteiger partial charge in [0, 0.05) is 57.8 Å². The number of H-pyrrole nitrogens is 1. The van der Waals surface area contributed by atoms with Crippen molar-refractivity contribution in [2.75, 3.05) is 45.9 Å². The number of rotatable bonds is 5. The van der Waals surface area contributed by atoms with Crippen LogP contribution in [-0.4, -0.2) is 75.5 Å². The van der Waals surface area contributed by atoms with E-state index < -0.39 is 0 Å². The summed E-state index contributed by atoms with van der Waals surface area (Å²) in [5.41, 5.74) is 3.83. The molecule has 1 N–H and O–H groups in total. The van der Waals surface area contributed by atoms with Crippen molar-refractivity contribution in [3.8, 4) is 11.4 Å². The third-order valence-corrected chi connectivity index (χ3v) is 6.15. The molecule has 31 heavy (non-hydrogen) atoms. The van der Waals surface area contributed by atoms with Gasteiger partial charge in [-0.2, -0.15) is 0 Å². The largest absolute Gasteiger partial charge is 0.379 e. The number of morpholine rings is 1. The molecule has 0 saturated carbocycles. The van der Waals surface area contributed by atoms with E-state index in [1.807, 2.05) is 19.1 Å². The van der Waals surface area contributed by atoms with Crippen molar-refractivity contribution in [1.29, 1.82) is 0 Å². The first-order valence-electron chi connectivity index (χ1n) is 11.0. The topological polar surface area (TPSA) is 91.9 Å². The number of hydrogen-bond acceptors (Lipinski definition) is 7. The van der Waals surface area contributed by atoms with Crippen LogP contribution in [-0.2, 0) is 17.7 Å². The number of aryl methyl sites for hydroxylation is 1. The van der Waals surface area contributed by atoms with Gasteiger partial charge in [-0.05, 0) is 12.3 Å². The Labute approximate surface area is 181 Å². The van der Waals surface area contributed by atoms with E-state index in [0.29, 0.717) is 17.9 Å². The van der Waals surface area contributed by atoms with Crippen LogP contribution in [0.1, 0.15) is 30.9 Å². The fourth-order valence-corrected chi connectivity index (χ4v) is 4.82. The number of ether oxygens (including phenoxy) is 1. The monoisotopic (exact) mass is 426 g/mol. The highest BCUT2D eigenvalue weighted by Gasteiger charge is 2.29. The first kappa shape index (κ1) is 20.4. The summed E-state index contributed by atoms with van der Waals surface area (Å²) in [4.78, 5) is 22.9. The number of nitrogens with zero attached hydrogens (tertiary/aromatic N) is 5. The smallest absolute Gasteiger partial charge is 0.277 e. The summed E-state index contributed by atoms with van der Waals surface area (Å²) in [6.45, 7) is 13.6. The molecule has 0 unspecified atom stereocenters. The number of hydrogen-bond donors (Lipinski definition) is 1. The van der Waals surface area contributed by atoms with Crippen LogP contribution in [0.15, 0.2) is 21.5 Å². The van der Waals surface area contributed by atoms with Gasteiger partial charge in [0.05, 0.1) is 30.2 Å². The van der Waals surface area contributed by atoms with E-state index in [2.05, 4.69) is 33.9 Å². The molecule has 1 saturated heterocycles. The fraction of sp³-hybridized carbons (Fsp3) is 0.591. The highest BCUT2D eigenvalue weighted by molar-refractivity contribution is 5.60. The van der Waals surface area contributed by atoms with Crippen LogP contribution in [0.3, 0.4) is 0 Å². The van der Waals surface area contributed by atoms with E-state index in [0.717, 1.165) is 75.1 Å². The van der Waals surface area contributed by atoms with Gasteiger partial charge in [-0.3, -0.25) is 19.7 Å². The third kappa shape index (κ3) is 4.17. The molecule has 0 bridgehead atoms. The van der Waals surface area contributed by atoms with Crippen LogP contribution in [0.2, 0.25) is 0 Å². The maximum absolute atomic E-state index is 13.3. The summed E-state index contributed by atoms with van der Waals surface area (Å²) in [7, 11) is 0. The minimum Gasteiger partial charge on any atom is -0.379 e. The Morgan fingerprint density at radius 2 is 1.90 bits per heavy atom. The zero-order chi connectivity index (χ0) is 21.6. The molecule has 0 radical (unpaired) electrons. The van der Waals surface area contributed by atoms with Crippen LogP contribution < -0.4 is 5.56 Å². The molecule has 0 atom stereocenters. The second-order valence-electron chi connectivity index (χ2n) is 9.54. The van der Waals surface area contributed by atoms with Gasteiger partial charge in [0.2, 0.25) is 0 Å². The zero-order valence-electron chi connectivity index (χ0n) is 18.5. The lowest BCUT2D eigenvalue weighted by molar-refractivity contribution is 0.0141. The predicted molar refractivity (Wildman–Crippen MR) is 116 cm³/mol. The third-order valence-electron chi connectivity index (χ3n) is 6.15. The summed E-state index contributed by atoms with van der Waals surface area (Å²) >= 11 is 0. The summed E-state index contributed by atoms with van der Waals surface area (Å²) in [6, 6.07) is 3.70. The Bertz CT molecular complexity index is 1140. The van der Waals surface area contributed by atoms with Gasteiger partial charge in [0.15, 0.2) is 5.65 Å². The highest BCUT2D eigenvalue weighted by Crippen LogP contribution is 2.24. The SMILES string of the molecule is Cc1cc(-c2cc3nc4c(c(=O)n3[nH]2)CN(CC(C)(C)CN2CCOCC2)CC4)no1. The molecule has 2 aliphatic heterocycles. The quantitative estimate of drug-likeness (QED) is 0.664. The molecule has 5 heterocycles. The molecule has 0 aromatic carbocycles. The first-order valence-corrected chi connectivity index (χ1v) is 11.0. The Morgan fingerprint density at radius 3 is 2.65 bits per heavy atom. The van der Waals surface area contributed by atoms with Gasteiger partial charge in [0.1, 0.15) is 11.5 Å². The molecule has 0 amide bonds. The normalized spacial score (nSPS) is 18.5. The molecular formula is C22H30N6O3. The van der Waals surface area contributed by atoms with Crippen molar-refractivity contribution in [3.05, 3.63) is 39.5 Å². The molecule has 166 valence electrons. The Hall–Kier alpha value is -2.49. The second-order valence-corrected chi connectivity index (χ2v) is 9.54. The molecule has 0 spiro atoms. The maximum Gasteiger partial charge on any atom is 0.277 e. The van der Waals surface area contributed by atoms with Crippen molar-refractivity contribution in [1.82, 2.24) is 29.6 Å². The summed E-state index contributed by atoms with van der Waals surface area (Å²) in [5, 5.41) is 7.18. The lowest BCUT2D eigenvalue weighted by Crippen LogP contribution is -2.47. The van der Waals surface area contributed by atoms with E-state index in [9.17, 15) is 4.79 Å². The Morgan fingerprint density at radius 1 is 1.13 bits per heavy atom. The standard InChI is InChI=1S/C22H30N6O3/c1-15-10-19(25-31-15)18-11-20-23-17-4-5-27(12-16(17)21(29)28(20)24-18)14-22(2,3)13-26-6-8-30-9-7-26/h10-11,24H,4-9,12-14H2,1-3H3. The molecule has 3 aromatic heterocycles. The minimum atomic E-state index is -0.0258. The van der Waals surface area contributed by atoms with Gasteiger partial charge >= 0.3 is 0 Å². The Balaban J connectivity index is 1.35. The van der Waals surface area contributed by atoms with Crippen LogP contribution in [0.5, 0.6) is 0 Å². The van der Waals surface area contributed by atoms with E-state index >= 15 is 0 Å². The van der Waals surface area contributed by atoms with Crippen molar-refractivity contribution < 1.29 is 9.26 Å². The fourth-order valence-electron chi connectivity index (χ4n) is 4.82. The van der Waals surface area contributed by atoms with E-state index in [4.69, 9.17) is 14.2 Å². The number of nitrogens with one attached hydrogen (secondary N) is 1. The number of aromatic amines is 1. The van der Waals surface area contributed by atoms with E-state index in [-0.39, 0.29) is 11.0 Å². The van der Waals surface area contributed by atoms with E-state index in [1.165, 1.54) is 4.52 Å². The molecule has 3 aromatic rings. The molecule has 2 aliphatic rings. The van der Waals surface area contributed by atoms with Crippen LogP contribution in [0.4, 0.5) is 0 Å². The van der Waals surface area contributed by atoms with Crippen LogP contribution >= 0.6 is 0 Å². The average Bonchev–Trinajstić information content (AvgIpc) is 3.35. The molecular weight excluding hydrogens is 396 g/mol. The second kappa shape index (κ2) is 7.89. The van der Waals surface area contributed by atoms with Gasteiger partial charge < -0.3 is 9.26 Å². The Kier molecular flexibility index (Phi) is 5.19. The van der Waals surface area contributed by atoms with Crippen LogP contribution in [0, 0.1) is 12.3 Å². The maximum atomic E-state index is 13.3. The van der Waals surface area contributed by atoms with Gasteiger partial charge in [-0.15, -0.1) is 0 Å². The number of aromatic nitrogens is 4. The molecule has 9 heteroatoms. The lowest BCUT2D eigenvalue weighted by Gasteiger charge is -2.39. The van der Waals surface area contributed by atoms with Crippen molar-refractivity contribution in [3.63, 3.8) is 0 Å². The van der Waals surface area contributed by atoms with Crippen molar-refractivity contribution in [2.45, 2.75) is 33.7 Å². The van der Waals surface area contributed by atoms with Gasteiger partial charge in [-0.25, -0.2) is 9.50 Å². The highest BCUT2D eigenvalue weighted by atomic mass is 16.5. The van der Waals surface area contributed by atoms with Crippen molar-refractivity contribution in [2.24, 2.45) is 5.41 Å². The zero-order valence-corrected chi connectivity index (χ0v) is 18.5. The minimum absolute atomic E-state index is 0.0258. The van der Waals surface area contributed by atoms with Gasteiger partial charge in [0.25, 0.3) is 5.56 Å². The number of fused-ring (bicyclic) bond motifs is 2. The molecule has 1 fully saturated rings. The predicted octanol–water partition coefficient (Wildman–Crippen LogP) is 1.70. The average molecular weight is 427 g/mol. The summed E-state index contributed by atoms with van der Waals surface area (Å²) in [5.74, 6) is 0.726. The summed E-state index contributed by atoms with van der Waals surface area (Å²) < 4.78 is 12.2. The van der Waals surface area contributed by atoms with E-state index in [1.54, 1.807) is 0 Å². The molecule has 9 nitrogen and oxygen atoms in total. The summed E-state index contributed by atoms with van der Waals surface area (Å²) in [6.07, 6.45) is 0.790. The lowest BCUT2D eigenvalue weighted by atomic mass is 9.90.